The molecule has 1 aliphatic rings. The first-order chi connectivity index (χ1) is 8.61. The van der Waals surface area contributed by atoms with Crippen molar-refractivity contribution in [3.8, 4) is 5.88 Å². The Morgan fingerprint density at radius 1 is 1.44 bits per heavy atom. The molecule has 100 valence electrons. The van der Waals surface area contributed by atoms with Gasteiger partial charge in [-0.2, -0.15) is 0 Å². The topological polar surface area (TPSA) is 25.4 Å². The number of nitrogens with zero attached hydrogens (tertiary/aromatic N) is 2. The van der Waals surface area contributed by atoms with Crippen LogP contribution < -0.4 is 4.74 Å². The molecule has 0 aliphatic carbocycles. The van der Waals surface area contributed by atoms with Gasteiger partial charge in [-0.3, -0.25) is 4.90 Å². The molecule has 0 spiro atoms. The molecule has 1 unspecified atom stereocenters. The third-order valence-corrected chi connectivity index (χ3v) is 3.63. The SMILES string of the molecule is COc1ccc(C2CCCN2CC(C)C)c(C)n1. The summed E-state index contributed by atoms with van der Waals surface area (Å²) in [5.74, 6) is 1.43. The van der Waals surface area contributed by atoms with E-state index in [1.807, 2.05) is 6.07 Å². The average Bonchev–Trinajstić information content (AvgIpc) is 2.76. The Kier molecular flexibility index (Phi) is 4.23. The number of pyridine rings is 1. The van der Waals surface area contributed by atoms with Crippen LogP contribution in [0.2, 0.25) is 0 Å². The zero-order valence-corrected chi connectivity index (χ0v) is 11.9. The lowest BCUT2D eigenvalue weighted by atomic mass is 10.0. The second-order valence-corrected chi connectivity index (χ2v) is 5.58. The van der Waals surface area contributed by atoms with Gasteiger partial charge in [0.25, 0.3) is 0 Å². The smallest absolute Gasteiger partial charge is 0.213 e. The average molecular weight is 248 g/mol. The van der Waals surface area contributed by atoms with E-state index in [2.05, 4.69) is 36.7 Å². The molecule has 3 nitrogen and oxygen atoms in total. The normalized spacial score (nSPS) is 20.6. The molecule has 1 aromatic rings. The predicted molar refractivity (Wildman–Crippen MR) is 73.9 cm³/mol. The Balaban J connectivity index is 2.19. The molecule has 2 heterocycles. The summed E-state index contributed by atoms with van der Waals surface area (Å²) in [4.78, 5) is 7.10. The van der Waals surface area contributed by atoms with Crippen LogP contribution in [0.1, 0.15) is 44.0 Å². The summed E-state index contributed by atoms with van der Waals surface area (Å²) in [5, 5.41) is 0. The molecule has 1 aromatic heterocycles. The quantitative estimate of drug-likeness (QED) is 0.818. The van der Waals surface area contributed by atoms with E-state index in [-0.39, 0.29) is 0 Å². The van der Waals surface area contributed by atoms with Gasteiger partial charge in [0, 0.05) is 24.3 Å². The minimum Gasteiger partial charge on any atom is -0.481 e. The highest BCUT2D eigenvalue weighted by molar-refractivity contribution is 5.28. The summed E-state index contributed by atoms with van der Waals surface area (Å²) in [6.07, 6.45) is 2.55. The van der Waals surface area contributed by atoms with E-state index in [9.17, 15) is 0 Å². The molecule has 0 saturated carbocycles. The van der Waals surface area contributed by atoms with Crippen molar-refractivity contribution in [2.45, 2.75) is 39.7 Å². The number of methoxy groups -OCH3 is 1. The van der Waals surface area contributed by atoms with E-state index < -0.39 is 0 Å². The van der Waals surface area contributed by atoms with Gasteiger partial charge in [-0.25, -0.2) is 4.98 Å². The second-order valence-electron chi connectivity index (χ2n) is 5.58. The summed E-state index contributed by atoms with van der Waals surface area (Å²) < 4.78 is 5.18. The van der Waals surface area contributed by atoms with Gasteiger partial charge >= 0.3 is 0 Å². The van der Waals surface area contributed by atoms with Crippen LogP contribution in [0.3, 0.4) is 0 Å². The number of ether oxygens (including phenoxy) is 1. The summed E-state index contributed by atoms with van der Waals surface area (Å²) in [7, 11) is 1.67. The zero-order valence-electron chi connectivity index (χ0n) is 11.9. The highest BCUT2D eigenvalue weighted by atomic mass is 16.5. The number of aryl methyl sites for hydroxylation is 1. The van der Waals surface area contributed by atoms with Crippen molar-refractivity contribution in [3.05, 3.63) is 23.4 Å². The first kappa shape index (κ1) is 13.3. The lowest BCUT2D eigenvalue weighted by molar-refractivity contribution is 0.227. The monoisotopic (exact) mass is 248 g/mol. The molecule has 0 amide bonds. The summed E-state index contributed by atoms with van der Waals surface area (Å²) in [6.45, 7) is 9.05. The van der Waals surface area contributed by atoms with Crippen molar-refractivity contribution in [2.75, 3.05) is 20.2 Å². The number of likely N-dealkylation sites (tertiary alicyclic amines) is 1. The lowest BCUT2D eigenvalue weighted by Crippen LogP contribution is -2.27. The highest BCUT2D eigenvalue weighted by Crippen LogP contribution is 2.34. The first-order valence-corrected chi connectivity index (χ1v) is 6.87. The van der Waals surface area contributed by atoms with E-state index >= 15 is 0 Å². The van der Waals surface area contributed by atoms with Gasteiger partial charge in [0.15, 0.2) is 0 Å². The maximum absolute atomic E-state index is 5.18. The van der Waals surface area contributed by atoms with E-state index in [1.54, 1.807) is 7.11 Å². The summed E-state index contributed by atoms with van der Waals surface area (Å²) in [5.41, 5.74) is 2.48. The molecule has 0 bridgehead atoms. The number of aromatic nitrogens is 1. The Hall–Kier alpha value is -1.09. The Labute approximate surface area is 110 Å². The summed E-state index contributed by atoms with van der Waals surface area (Å²) >= 11 is 0. The van der Waals surface area contributed by atoms with Crippen molar-refractivity contribution in [2.24, 2.45) is 5.92 Å². The van der Waals surface area contributed by atoms with E-state index in [1.165, 1.54) is 31.5 Å². The summed E-state index contributed by atoms with van der Waals surface area (Å²) in [6, 6.07) is 4.71. The van der Waals surface area contributed by atoms with Gasteiger partial charge in [-0.15, -0.1) is 0 Å². The third-order valence-electron chi connectivity index (χ3n) is 3.63. The third kappa shape index (κ3) is 2.83. The Bertz CT molecular complexity index is 403. The fourth-order valence-electron chi connectivity index (χ4n) is 2.88. The van der Waals surface area contributed by atoms with E-state index in [4.69, 9.17) is 4.74 Å². The molecule has 1 saturated heterocycles. The fraction of sp³-hybridized carbons (Fsp3) is 0.667. The van der Waals surface area contributed by atoms with Crippen LogP contribution in [0.5, 0.6) is 5.88 Å². The van der Waals surface area contributed by atoms with Gasteiger partial charge in [-0.1, -0.05) is 19.9 Å². The molecular formula is C15H24N2O. The molecule has 0 N–H and O–H groups in total. The molecule has 1 aliphatic heterocycles. The lowest BCUT2D eigenvalue weighted by Gasteiger charge is -2.27. The van der Waals surface area contributed by atoms with Gasteiger partial charge < -0.3 is 4.74 Å². The second kappa shape index (κ2) is 5.70. The van der Waals surface area contributed by atoms with Crippen LogP contribution in [0.15, 0.2) is 12.1 Å². The molecule has 1 atom stereocenters. The van der Waals surface area contributed by atoms with Gasteiger partial charge in [-0.05, 0) is 37.8 Å². The zero-order chi connectivity index (χ0) is 13.1. The van der Waals surface area contributed by atoms with Crippen LogP contribution in [-0.4, -0.2) is 30.1 Å². The molecule has 1 fully saturated rings. The Morgan fingerprint density at radius 3 is 2.83 bits per heavy atom. The van der Waals surface area contributed by atoms with Crippen molar-refractivity contribution >= 4 is 0 Å². The predicted octanol–water partition coefficient (Wildman–Crippen LogP) is 3.19. The van der Waals surface area contributed by atoms with E-state index in [0.29, 0.717) is 11.9 Å². The minimum atomic E-state index is 0.547. The van der Waals surface area contributed by atoms with Gasteiger partial charge in [0.2, 0.25) is 5.88 Å². The number of rotatable bonds is 4. The first-order valence-electron chi connectivity index (χ1n) is 6.87. The van der Waals surface area contributed by atoms with Crippen LogP contribution in [-0.2, 0) is 0 Å². The molecule has 18 heavy (non-hydrogen) atoms. The van der Waals surface area contributed by atoms with Crippen molar-refractivity contribution in [1.82, 2.24) is 9.88 Å². The molecule has 0 radical (unpaired) electrons. The molecule has 3 heteroatoms. The van der Waals surface area contributed by atoms with Crippen molar-refractivity contribution < 1.29 is 4.74 Å². The molecule has 2 rings (SSSR count). The number of hydrogen-bond donors (Lipinski definition) is 0. The van der Waals surface area contributed by atoms with E-state index in [0.717, 1.165) is 11.6 Å². The highest BCUT2D eigenvalue weighted by Gasteiger charge is 2.27. The molecular weight excluding hydrogens is 224 g/mol. The minimum absolute atomic E-state index is 0.547. The maximum atomic E-state index is 5.18. The molecule has 0 aromatic carbocycles. The number of hydrogen-bond acceptors (Lipinski definition) is 3. The maximum Gasteiger partial charge on any atom is 0.213 e. The standard InChI is InChI=1S/C15H24N2O/c1-11(2)10-17-9-5-6-14(17)13-7-8-15(18-4)16-12(13)3/h7-8,11,14H,5-6,9-10H2,1-4H3. The largest absolute Gasteiger partial charge is 0.481 e. The van der Waals surface area contributed by atoms with Crippen LogP contribution in [0.4, 0.5) is 0 Å². The van der Waals surface area contributed by atoms with Crippen LogP contribution >= 0.6 is 0 Å². The fourth-order valence-corrected chi connectivity index (χ4v) is 2.88. The van der Waals surface area contributed by atoms with Crippen LogP contribution in [0.25, 0.3) is 0 Å². The van der Waals surface area contributed by atoms with Gasteiger partial charge in [0.1, 0.15) is 0 Å². The van der Waals surface area contributed by atoms with Crippen LogP contribution in [0, 0.1) is 12.8 Å². The van der Waals surface area contributed by atoms with Crippen molar-refractivity contribution in [1.29, 1.82) is 0 Å². The Morgan fingerprint density at radius 2 is 2.22 bits per heavy atom. The van der Waals surface area contributed by atoms with Crippen molar-refractivity contribution in [3.63, 3.8) is 0 Å². The van der Waals surface area contributed by atoms with Gasteiger partial charge in [0.05, 0.1) is 7.11 Å².